The van der Waals surface area contributed by atoms with Gasteiger partial charge in [-0.25, -0.2) is 13.2 Å². The molecule has 1 aromatic carbocycles. The third-order valence-electron chi connectivity index (χ3n) is 1.91. The summed E-state index contributed by atoms with van der Waals surface area (Å²) in [4.78, 5) is 10.6. The molecule has 1 heterocycles. The van der Waals surface area contributed by atoms with Gasteiger partial charge >= 0.3 is 5.97 Å². The molecule has 1 aromatic heterocycles. The van der Waals surface area contributed by atoms with Gasteiger partial charge in [0.15, 0.2) is 0 Å². The summed E-state index contributed by atoms with van der Waals surface area (Å²) in [6.07, 6.45) is 0. The van der Waals surface area contributed by atoms with Crippen LogP contribution in [0.3, 0.4) is 0 Å². The van der Waals surface area contributed by atoms with E-state index < -0.39 is 16.0 Å². The molecule has 0 aliphatic heterocycles. The van der Waals surface area contributed by atoms with Crippen LogP contribution in [0.25, 0.3) is 0 Å². The van der Waals surface area contributed by atoms with Crippen molar-refractivity contribution in [3.63, 3.8) is 0 Å². The lowest BCUT2D eigenvalue weighted by Gasteiger charge is -2.04. The molecule has 94 valence electrons. The van der Waals surface area contributed by atoms with Crippen LogP contribution in [0.1, 0.15) is 10.4 Å². The molecule has 0 unspecified atom stereocenters. The summed E-state index contributed by atoms with van der Waals surface area (Å²) in [5, 5.41) is 15.5. The van der Waals surface area contributed by atoms with Crippen molar-refractivity contribution >= 4 is 32.7 Å². The summed E-state index contributed by atoms with van der Waals surface area (Å²) < 4.78 is 29.3. The maximum atomic E-state index is 11.9. The molecule has 0 aliphatic rings. The van der Waals surface area contributed by atoms with E-state index in [2.05, 4.69) is 19.5 Å². The van der Waals surface area contributed by atoms with Gasteiger partial charge in [-0.15, -0.1) is 0 Å². The van der Waals surface area contributed by atoms with E-state index >= 15 is 0 Å². The second-order valence-corrected chi connectivity index (χ2v) is 5.52. The standard InChI is InChI=1S/C8H6N4O4S2/c13-7(14)5-2-1-3-6(4-5)18(15,16)10-8-9-11-12-17-8/h1-4H,(H,13,14)(H,9,10,12). The van der Waals surface area contributed by atoms with E-state index in [1.165, 1.54) is 18.2 Å². The number of hydrogen-bond acceptors (Lipinski definition) is 7. The van der Waals surface area contributed by atoms with Crippen molar-refractivity contribution in [1.82, 2.24) is 14.8 Å². The van der Waals surface area contributed by atoms with Crippen LogP contribution < -0.4 is 4.72 Å². The Morgan fingerprint density at radius 2 is 2.17 bits per heavy atom. The molecule has 0 atom stereocenters. The molecule has 2 rings (SSSR count). The highest BCUT2D eigenvalue weighted by Gasteiger charge is 2.17. The van der Waals surface area contributed by atoms with Crippen molar-refractivity contribution in [1.29, 1.82) is 0 Å². The summed E-state index contributed by atoms with van der Waals surface area (Å²) >= 11 is 0.776. The molecule has 2 N–H and O–H groups in total. The molecular formula is C8H6N4O4S2. The largest absolute Gasteiger partial charge is 0.478 e. The first kappa shape index (κ1) is 12.4. The maximum Gasteiger partial charge on any atom is 0.335 e. The number of carbonyl (C=O) groups is 1. The zero-order chi connectivity index (χ0) is 13.2. The fourth-order valence-electron chi connectivity index (χ4n) is 1.14. The van der Waals surface area contributed by atoms with Crippen LogP contribution in [-0.2, 0) is 10.0 Å². The van der Waals surface area contributed by atoms with Gasteiger partial charge < -0.3 is 5.11 Å². The van der Waals surface area contributed by atoms with Gasteiger partial charge in [-0.2, -0.15) is 0 Å². The fourth-order valence-corrected chi connectivity index (χ4v) is 2.77. The number of nitrogens with one attached hydrogen (secondary N) is 1. The first-order chi connectivity index (χ1) is 8.49. The van der Waals surface area contributed by atoms with Gasteiger partial charge in [0.1, 0.15) is 0 Å². The molecule has 10 heteroatoms. The minimum absolute atomic E-state index is 0.00993. The van der Waals surface area contributed by atoms with Crippen molar-refractivity contribution in [3.05, 3.63) is 29.8 Å². The average Bonchev–Trinajstić information content (AvgIpc) is 2.81. The number of aromatic nitrogens is 3. The Bertz CT molecular complexity index is 668. The second-order valence-electron chi connectivity index (χ2n) is 3.11. The van der Waals surface area contributed by atoms with E-state index in [0.717, 1.165) is 17.6 Å². The number of aromatic carboxylic acids is 1. The fraction of sp³-hybridized carbons (Fsp3) is 0. The summed E-state index contributed by atoms with van der Waals surface area (Å²) in [5.41, 5.74) is -0.117. The molecule has 0 radical (unpaired) electrons. The number of nitrogens with zero attached hydrogens (tertiary/aromatic N) is 3. The number of rotatable bonds is 4. The normalized spacial score (nSPS) is 11.1. The lowest BCUT2D eigenvalue weighted by molar-refractivity contribution is 0.0696. The van der Waals surface area contributed by atoms with Gasteiger partial charge in [0.05, 0.1) is 10.5 Å². The molecular weight excluding hydrogens is 280 g/mol. The lowest BCUT2D eigenvalue weighted by Crippen LogP contribution is -2.13. The maximum absolute atomic E-state index is 11.9. The third kappa shape index (κ3) is 2.60. The number of carboxylic acids is 1. The van der Waals surface area contributed by atoms with Crippen LogP contribution in [0.15, 0.2) is 29.2 Å². The molecule has 18 heavy (non-hydrogen) atoms. The van der Waals surface area contributed by atoms with Crippen molar-refractivity contribution in [2.75, 3.05) is 4.72 Å². The van der Waals surface area contributed by atoms with Crippen LogP contribution in [-0.4, -0.2) is 34.3 Å². The molecule has 2 aromatic rings. The first-order valence-electron chi connectivity index (χ1n) is 4.50. The topological polar surface area (TPSA) is 122 Å². The van der Waals surface area contributed by atoms with Gasteiger partial charge in [-0.3, -0.25) is 4.72 Å². The number of carboxylic acid groups (broad SMARTS) is 1. The van der Waals surface area contributed by atoms with Gasteiger partial charge in [0, 0.05) is 11.5 Å². The Balaban J connectivity index is 2.35. The number of hydrogen-bond donors (Lipinski definition) is 2. The third-order valence-corrected chi connectivity index (χ3v) is 3.89. The monoisotopic (exact) mass is 286 g/mol. The van der Waals surface area contributed by atoms with E-state index in [9.17, 15) is 13.2 Å². The van der Waals surface area contributed by atoms with Gasteiger partial charge in [-0.1, -0.05) is 15.7 Å². The Hall–Kier alpha value is -2.07. The highest BCUT2D eigenvalue weighted by molar-refractivity contribution is 7.93. The zero-order valence-corrected chi connectivity index (χ0v) is 10.3. The number of benzene rings is 1. The van der Waals surface area contributed by atoms with Crippen LogP contribution >= 0.6 is 11.5 Å². The van der Waals surface area contributed by atoms with E-state index in [1.807, 2.05) is 0 Å². The minimum atomic E-state index is -3.88. The summed E-state index contributed by atoms with van der Waals surface area (Å²) in [6.45, 7) is 0. The first-order valence-corrected chi connectivity index (χ1v) is 6.76. The number of anilines is 1. The molecule has 8 nitrogen and oxygen atoms in total. The van der Waals surface area contributed by atoms with Gasteiger partial charge in [0.25, 0.3) is 10.0 Å². The molecule has 0 saturated carbocycles. The summed E-state index contributed by atoms with van der Waals surface area (Å²) in [5.74, 6) is -1.20. The molecule has 0 aliphatic carbocycles. The van der Waals surface area contributed by atoms with Crippen molar-refractivity contribution in [2.24, 2.45) is 0 Å². The second kappa shape index (κ2) is 4.66. The summed E-state index contributed by atoms with van der Waals surface area (Å²) in [7, 11) is -3.88. The predicted octanol–water partition coefficient (Wildman–Crippen LogP) is 0.432. The molecule has 0 saturated heterocycles. The average molecular weight is 286 g/mol. The highest BCUT2D eigenvalue weighted by atomic mass is 32.2. The van der Waals surface area contributed by atoms with E-state index in [0.29, 0.717) is 0 Å². The lowest BCUT2D eigenvalue weighted by atomic mass is 10.2. The molecule has 0 fully saturated rings. The van der Waals surface area contributed by atoms with E-state index in [4.69, 9.17) is 5.11 Å². The van der Waals surface area contributed by atoms with Crippen molar-refractivity contribution < 1.29 is 18.3 Å². The summed E-state index contributed by atoms with van der Waals surface area (Å²) in [6, 6.07) is 4.98. The van der Waals surface area contributed by atoms with E-state index in [-0.39, 0.29) is 15.6 Å². The molecule has 0 spiro atoms. The van der Waals surface area contributed by atoms with Crippen LogP contribution in [0, 0.1) is 0 Å². The molecule has 0 bridgehead atoms. The Morgan fingerprint density at radius 3 is 2.78 bits per heavy atom. The van der Waals surface area contributed by atoms with E-state index in [1.54, 1.807) is 0 Å². The Kier molecular flexibility index (Phi) is 3.21. The quantitative estimate of drug-likeness (QED) is 0.835. The minimum Gasteiger partial charge on any atom is -0.478 e. The Morgan fingerprint density at radius 1 is 1.39 bits per heavy atom. The SMILES string of the molecule is O=C(O)c1cccc(S(=O)(=O)Nc2nnns2)c1. The smallest absolute Gasteiger partial charge is 0.335 e. The predicted molar refractivity (Wildman–Crippen MR) is 61.9 cm³/mol. The van der Waals surface area contributed by atoms with Crippen LogP contribution in [0.4, 0.5) is 5.13 Å². The van der Waals surface area contributed by atoms with Crippen molar-refractivity contribution in [3.8, 4) is 0 Å². The highest BCUT2D eigenvalue weighted by Crippen LogP contribution is 2.16. The van der Waals surface area contributed by atoms with Crippen LogP contribution in [0.2, 0.25) is 0 Å². The van der Waals surface area contributed by atoms with Crippen LogP contribution in [0.5, 0.6) is 0 Å². The Labute approximate surface area is 105 Å². The zero-order valence-electron chi connectivity index (χ0n) is 8.64. The van der Waals surface area contributed by atoms with Gasteiger partial charge in [-0.05, 0) is 23.4 Å². The van der Waals surface area contributed by atoms with Crippen molar-refractivity contribution in [2.45, 2.75) is 4.90 Å². The van der Waals surface area contributed by atoms with Gasteiger partial charge in [0.2, 0.25) is 5.13 Å². The number of sulfonamides is 1. The molecule has 0 amide bonds.